The molecule has 3 aromatic rings. The number of aromatic nitrogens is 2. The topological polar surface area (TPSA) is 93.5 Å². The number of carbonyl (C=O) groups is 2. The molecule has 4 heterocycles. The van der Waals surface area contributed by atoms with Crippen molar-refractivity contribution < 1.29 is 23.1 Å². The third-order valence-electron chi connectivity index (χ3n) is 6.32. The summed E-state index contributed by atoms with van der Waals surface area (Å²) >= 11 is 2.50. The molecule has 8 nitrogen and oxygen atoms in total. The summed E-state index contributed by atoms with van der Waals surface area (Å²) in [6, 6.07) is 3.13. The number of nitrogens with zero attached hydrogens (tertiary/aromatic N) is 3. The molecule has 1 aromatic carbocycles. The number of ether oxygens (including phenoxy) is 1. The van der Waals surface area contributed by atoms with E-state index in [0.717, 1.165) is 47.2 Å². The first-order valence-corrected chi connectivity index (χ1v) is 13.4. The van der Waals surface area contributed by atoms with Crippen LogP contribution in [0.4, 0.5) is 14.5 Å². The lowest BCUT2D eigenvalue weighted by Gasteiger charge is -2.25. The van der Waals surface area contributed by atoms with Crippen LogP contribution in [0.1, 0.15) is 30.2 Å². The molecule has 36 heavy (non-hydrogen) atoms. The fourth-order valence-corrected chi connectivity index (χ4v) is 6.58. The van der Waals surface area contributed by atoms with Gasteiger partial charge in [-0.25, -0.2) is 13.8 Å². The van der Waals surface area contributed by atoms with Crippen molar-refractivity contribution in [2.45, 2.75) is 50.5 Å². The summed E-state index contributed by atoms with van der Waals surface area (Å²) in [6.45, 7) is 3.52. The second kappa shape index (κ2) is 10.3. The molecule has 2 amide bonds. The Bertz CT molecular complexity index is 1400. The van der Waals surface area contributed by atoms with Crippen LogP contribution < -0.4 is 10.9 Å². The van der Waals surface area contributed by atoms with Crippen LogP contribution in [0.25, 0.3) is 10.2 Å². The van der Waals surface area contributed by atoms with Crippen LogP contribution in [-0.4, -0.2) is 51.3 Å². The van der Waals surface area contributed by atoms with Crippen molar-refractivity contribution in [3.63, 3.8) is 0 Å². The average molecular weight is 535 g/mol. The molecule has 2 aromatic heterocycles. The van der Waals surface area contributed by atoms with Gasteiger partial charge >= 0.3 is 0 Å². The van der Waals surface area contributed by atoms with Gasteiger partial charge in [0.05, 0.1) is 30.3 Å². The Morgan fingerprint density at radius 1 is 1.31 bits per heavy atom. The highest BCUT2D eigenvalue weighted by Crippen LogP contribution is 2.34. The van der Waals surface area contributed by atoms with Crippen LogP contribution in [0, 0.1) is 11.6 Å². The second-order valence-electron chi connectivity index (χ2n) is 8.79. The second-order valence-corrected chi connectivity index (χ2v) is 10.8. The van der Waals surface area contributed by atoms with Gasteiger partial charge in [0.15, 0.2) is 16.8 Å². The van der Waals surface area contributed by atoms with Crippen molar-refractivity contribution in [3.05, 3.63) is 50.6 Å². The highest BCUT2D eigenvalue weighted by Gasteiger charge is 2.27. The van der Waals surface area contributed by atoms with E-state index in [1.54, 1.807) is 9.47 Å². The number of thiophene rings is 1. The van der Waals surface area contributed by atoms with Crippen molar-refractivity contribution in [2.24, 2.45) is 0 Å². The Morgan fingerprint density at radius 3 is 2.86 bits per heavy atom. The predicted octanol–water partition coefficient (Wildman–Crippen LogP) is 3.55. The Morgan fingerprint density at radius 2 is 2.14 bits per heavy atom. The number of halogens is 2. The Kier molecular flexibility index (Phi) is 7.09. The fourth-order valence-electron chi connectivity index (χ4n) is 4.49. The van der Waals surface area contributed by atoms with E-state index in [-0.39, 0.29) is 29.0 Å². The smallest absolute Gasteiger partial charge is 0.263 e. The van der Waals surface area contributed by atoms with Gasteiger partial charge in [-0.05, 0) is 37.0 Å². The van der Waals surface area contributed by atoms with E-state index in [9.17, 15) is 23.2 Å². The van der Waals surface area contributed by atoms with Crippen LogP contribution >= 0.6 is 23.1 Å². The lowest BCUT2D eigenvalue weighted by molar-refractivity contribution is -0.129. The number of hydrogen-bond donors (Lipinski definition) is 1. The minimum absolute atomic E-state index is 0.00912. The number of rotatable bonds is 6. The van der Waals surface area contributed by atoms with Crippen LogP contribution in [0.15, 0.2) is 28.2 Å². The largest absolute Gasteiger partial charge is 0.376 e. The van der Waals surface area contributed by atoms with Crippen LogP contribution in [0.5, 0.6) is 0 Å². The molecule has 0 unspecified atom stereocenters. The number of nitrogens with one attached hydrogen (secondary N) is 1. The van der Waals surface area contributed by atoms with Crippen LogP contribution in [0.3, 0.4) is 0 Å². The maximum atomic E-state index is 13.7. The molecular weight excluding hydrogens is 510 g/mol. The summed E-state index contributed by atoms with van der Waals surface area (Å²) in [7, 11) is 0. The maximum Gasteiger partial charge on any atom is 0.263 e. The summed E-state index contributed by atoms with van der Waals surface area (Å²) in [5.41, 5.74) is 0.909. The molecule has 2 aliphatic rings. The van der Waals surface area contributed by atoms with E-state index in [1.165, 1.54) is 24.3 Å². The van der Waals surface area contributed by atoms with Gasteiger partial charge in [-0.1, -0.05) is 11.8 Å². The van der Waals surface area contributed by atoms with E-state index < -0.39 is 17.5 Å². The molecule has 0 bridgehead atoms. The molecule has 1 fully saturated rings. The van der Waals surface area contributed by atoms with E-state index in [2.05, 4.69) is 5.32 Å². The van der Waals surface area contributed by atoms with Gasteiger partial charge in [-0.2, -0.15) is 0 Å². The number of amides is 2. The third kappa shape index (κ3) is 5.02. The van der Waals surface area contributed by atoms with Gasteiger partial charge in [0.2, 0.25) is 11.8 Å². The molecule has 0 saturated carbocycles. The van der Waals surface area contributed by atoms with Gasteiger partial charge < -0.3 is 15.0 Å². The van der Waals surface area contributed by atoms with Crippen molar-refractivity contribution >= 4 is 50.8 Å². The summed E-state index contributed by atoms with van der Waals surface area (Å²) in [4.78, 5) is 46.1. The van der Waals surface area contributed by atoms with Gasteiger partial charge in [-0.15, -0.1) is 11.3 Å². The first kappa shape index (κ1) is 24.8. The van der Waals surface area contributed by atoms with E-state index in [0.29, 0.717) is 48.0 Å². The Labute approximate surface area is 213 Å². The van der Waals surface area contributed by atoms with Gasteiger partial charge in [0.25, 0.3) is 5.56 Å². The average Bonchev–Trinajstić information content (AvgIpc) is 3.49. The number of thioether (sulfide) groups is 1. The van der Waals surface area contributed by atoms with Gasteiger partial charge in [0, 0.05) is 36.7 Å². The summed E-state index contributed by atoms with van der Waals surface area (Å²) < 4.78 is 34.0. The third-order valence-corrected chi connectivity index (χ3v) is 8.40. The molecule has 12 heteroatoms. The summed E-state index contributed by atoms with van der Waals surface area (Å²) in [6.07, 6.45) is 2.23. The molecule has 1 atom stereocenters. The standard InChI is InChI=1S/C24H24F2N4O4S2/c1-13(31)29-7-6-16-19(11-29)36-22-21(16)23(33)30(10-15-3-2-8-34-15)24(28-22)35-12-20(32)27-14-4-5-17(25)18(26)9-14/h4-5,9,15H,2-3,6-8,10-12H2,1H3,(H,27,32)/t15-/m0/s1. The summed E-state index contributed by atoms with van der Waals surface area (Å²) in [5, 5.41) is 3.51. The molecular formula is C24H24F2N4O4S2. The zero-order valence-electron chi connectivity index (χ0n) is 19.5. The van der Waals surface area contributed by atoms with Crippen molar-refractivity contribution in [1.29, 1.82) is 0 Å². The molecule has 0 spiro atoms. The molecule has 1 saturated heterocycles. The van der Waals surface area contributed by atoms with Crippen LogP contribution in [0.2, 0.25) is 0 Å². The van der Waals surface area contributed by atoms with E-state index in [1.807, 2.05) is 0 Å². The molecule has 190 valence electrons. The normalized spacial score (nSPS) is 17.4. The van der Waals surface area contributed by atoms with Crippen molar-refractivity contribution in [2.75, 3.05) is 24.2 Å². The van der Waals surface area contributed by atoms with Gasteiger partial charge in [-0.3, -0.25) is 19.0 Å². The highest BCUT2D eigenvalue weighted by atomic mass is 32.2. The van der Waals surface area contributed by atoms with Crippen molar-refractivity contribution in [1.82, 2.24) is 14.5 Å². The molecule has 0 radical (unpaired) electrons. The first-order chi connectivity index (χ1) is 17.3. The first-order valence-electron chi connectivity index (χ1n) is 11.6. The van der Waals surface area contributed by atoms with E-state index in [4.69, 9.17) is 9.72 Å². The summed E-state index contributed by atoms with van der Waals surface area (Å²) in [5.74, 6) is -2.58. The van der Waals surface area contributed by atoms with Gasteiger partial charge in [0.1, 0.15) is 4.83 Å². The minimum atomic E-state index is -1.05. The SMILES string of the molecule is CC(=O)N1CCc2c(sc3nc(SCC(=O)Nc4ccc(F)c(F)c4)n(C[C@@H]4CCCO4)c(=O)c23)C1. The molecule has 0 aliphatic carbocycles. The lowest BCUT2D eigenvalue weighted by Crippen LogP contribution is -2.34. The Hall–Kier alpha value is -2.83. The number of hydrogen-bond acceptors (Lipinski definition) is 7. The lowest BCUT2D eigenvalue weighted by atomic mass is 10.1. The predicted molar refractivity (Wildman–Crippen MR) is 133 cm³/mol. The van der Waals surface area contributed by atoms with Crippen molar-refractivity contribution in [3.8, 4) is 0 Å². The number of carbonyl (C=O) groups excluding carboxylic acids is 2. The molecule has 1 N–H and O–H groups in total. The number of benzene rings is 1. The fraction of sp³-hybridized carbons (Fsp3) is 0.417. The number of fused-ring (bicyclic) bond motifs is 3. The molecule has 5 rings (SSSR count). The van der Waals surface area contributed by atoms with E-state index >= 15 is 0 Å². The minimum Gasteiger partial charge on any atom is -0.376 e. The zero-order valence-corrected chi connectivity index (χ0v) is 21.1. The monoisotopic (exact) mass is 534 g/mol. The molecule has 2 aliphatic heterocycles. The zero-order chi connectivity index (χ0) is 25.4. The maximum absolute atomic E-state index is 13.7. The van der Waals surface area contributed by atoms with Crippen LogP contribution in [-0.2, 0) is 33.8 Å². The Balaban J connectivity index is 1.43. The quantitative estimate of drug-likeness (QED) is 0.384. The highest BCUT2D eigenvalue weighted by molar-refractivity contribution is 7.99. The number of anilines is 1.